The van der Waals surface area contributed by atoms with Crippen molar-refractivity contribution in [3.63, 3.8) is 0 Å². The fraction of sp³-hybridized carbons (Fsp3) is 0.235. The summed E-state index contributed by atoms with van der Waals surface area (Å²) < 4.78 is 0. The Bertz CT molecular complexity index is 703. The first-order chi connectivity index (χ1) is 11.2. The molecule has 1 aliphatic heterocycles. The molecule has 3 rings (SSSR count). The summed E-state index contributed by atoms with van der Waals surface area (Å²) in [6.45, 7) is 1.07. The van der Waals surface area contributed by atoms with Crippen LogP contribution < -0.4 is 16.0 Å². The summed E-state index contributed by atoms with van der Waals surface area (Å²) in [6, 6.07) is 10.6. The number of hydrogen-bond acceptors (Lipinski definition) is 4. The number of rotatable bonds is 5. The Morgan fingerprint density at radius 2 is 2.09 bits per heavy atom. The van der Waals surface area contributed by atoms with E-state index in [1.165, 1.54) is 0 Å². The minimum absolute atomic E-state index is 0.166. The van der Waals surface area contributed by atoms with E-state index in [9.17, 15) is 9.59 Å². The Balaban J connectivity index is 1.49. The largest absolute Gasteiger partial charge is 0.382 e. The van der Waals surface area contributed by atoms with Crippen molar-refractivity contribution in [2.75, 3.05) is 18.4 Å². The van der Waals surface area contributed by atoms with Gasteiger partial charge in [0.1, 0.15) is 6.04 Å². The lowest BCUT2D eigenvalue weighted by atomic mass is 9.95. The average Bonchev–Trinajstić information content (AvgIpc) is 2.59. The number of hydrogen-bond donors (Lipinski definition) is 3. The summed E-state index contributed by atoms with van der Waals surface area (Å²) in [5.74, 6) is -0.360. The van der Waals surface area contributed by atoms with Crippen LogP contribution in [0.25, 0.3) is 0 Å². The number of benzene rings is 1. The van der Waals surface area contributed by atoms with Crippen LogP contribution in [0.1, 0.15) is 15.9 Å². The monoisotopic (exact) mass is 310 g/mol. The van der Waals surface area contributed by atoms with E-state index in [-0.39, 0.29) is 11.8 Å². The van der Waals surface area contributed by atoms with Crippen molar-refractivity contribution in [2.45, 2.75) is 12.5 Å². The van der Waals surface area contributed by atoms with Gasteiger partial charge < -0.3 is 16.0 Å². The number of amides is 2. The lowest BCUT2D eigenvalue weighted by Gasteiger charge is -2.24. The molecule has 0 spiro atoms. The zero-order valence-electron chi connectivity index (χ0n) is 12.6. The van der Waals surface area contributed by atoms with Gasteiger partial charge in [0.25, 0.3) is 5.91 Å². The Hall–Kier alpha value is -2.89. The second-order valence-corrected chi connectivity index (χ2v) is 5.35. The molecule has 2 amide bonds. The molecule has 0 unspecified atom stereocenters. The molecule has 6 heteroatoms. The quantitative estimate of drug-likeness (QED) is 0.719. The van der Waals surface area contributed by atoms with Crippen molar-refractivity contribution >= 4 is 17.5 Å². The third-order valence-electron chi connectivity index (χ3n) is 3.72. The molecule has 1 aromatic carbocycles. The number of fused-ring (bicyclic) bond motifs is 1. The normalized spacial score (nSPS) is 16.2. The fourth-order valence-electron chi connectivity index (χ4n) is 2.57. The summed E-state index contributed by atoms with van der Waals surface area (Å²) >= 11 is 0. The maximum atomic E-state index is 12.2. The molecule has 0 radical (unpaired) electrons. The molecule has 3 N–H and O–H groups in total. The molecule has 0 aliphatic carbocycles. The molecular formula is C17H18N4O2. The first kappa shape index (κ1) is 15.0. The van der Waals surface area contributed by atoms with Crippen LogP contribution in [0.3, 0.4) is 0 Å². The van der Waals surface area contributed by atoms with E-state index in [1.807, 2.05) is 30.3 Å². The van der Waals surface area contributed by atoms with Crippen LogP contribution in [0.5, 0.6) is 0 Å². The molecule has 1 aromatic heterocycles. The third kappa shape index (κ3) is 3.66. The van der Waals surface area contributed by atoms with E-state index < -0.39 is 6.04 Å². The van der Waals surface area contributed by atoms with Crippen LogP contribution in [0.15, 0.2) is 48.8 Å². The number of nitrogens with zero attached hydrogens (tertiary/aromatic N) is 1. The van der Waals surface area contributed by atoms with Crippen molar-refractivity contribution in [2.24, 2.45) is 0 Å². The van der Waals surface area contributed by atoms with Gasteiger partial charge >= 0.3 is 0 Å². The molecule has 0 fully saturated rings. The highest BCUT2D eigenvalue weighted by molar-refractivity contribution is 6.00. The molecule has 0 bridgehead atoms. The van der Waals surface area contributed by atoms with Crippen LogP contribution in [0.2, 0.25) is 0 Å². The topological polar surface area (TPSA) is 83.1 Å². The van der Waals surface area contributed by atoms with Crippen molar-refractivity contribution in [3.05, 3.63) is 59.9 Å². The van der Waals surface area contributed by atoms with Crippen LogP contribution >= 0.6 is 0 Å². The summed E-state index contributed by atoms with van der Waals surface area (Å²) in [4.78, 5) is 28.2. The van der Waals surface area contributed by atoms with Gasteiger partial charge in [-0.05, 0) is 23.8 Å². The Kier molecular flexibility index (Phi) is 4.52. The zero-order chi connectivity index (χ0) is 16.1. The lowest BCUT2D eigenvalue weighted by Crippen LogP contribution is -2.51. The summed E-state index contributed by atoms with van der Waals surface area (Å²) in [7, 11) is 0. The van der Waals surface area contributed by atoms with Gasteiger partial charge in [0, 0.05) is 37.5 Å². The Morgan fingerprint density at radius 3 is 2.91 bits per heavy atom. The number of pyridine rings is 1. The van der Waals surface area contributed by atoms with Gasteiger partial charge in [-0.15, -0.1) is 0 Å². The van der Waals surface area contributed by atoms with Crippen LogP contribution in [-0.2, 0) is 11.2 Å². The Morgan fingerprint density at radius 1 is 1.22 bits per heavy atom. The van der Waals surface area contributed by atoms with Crippen LogP contribution in [-0.4, -0.2) is 35.9 Å². The van der Waals surface area contributed by atoms with Crippen molar-refractivity contribution in [1.82, 2.24) is 15.6 Å². The molecule has 2 aromatic rings. The third-order valence-corrected chi connectivity index (χ3v) is 3.72. The summed E-state index contributed by atoms with van der Waals surface area (Å²) in [5, 5.41) is 8.75. The van der Waals surface area contributed by atoms with Gasteiger partial charge in [-0.1, -0.05) is 18.2 Å². The van der Waals surface area contributed by atoms with E-state index in [0.29, 0.717) is 25.1 Å². The van der Waals surface area contributed by atoms with Gasteiger partial charge in [0.05, 0.1) is 5.69 Å². The van der Waals surface area contributed by atoms with Gasteiger partial charge in [-0.2, -0.15) is 0 Å². The predicted octanol–water partition coefficient (Wildman–Crippen LogP) is 0.964. The van der Waals surface area contributed by atoms with E-state index in [2.05, 4.69) is 20.9 Å². The SMILES string of the molecule is O=C1N[C@H](C(=O)NCCNc2cccnc2)Cc2ccccc21. The number of aromatic nitrogens is 1. The summed E-state index contributed by atoms with van der Waals surface area (Å²) in [5.41, 5.74) is 2.46. The number of nitrogens with one attached hydrogen (secondary N) is 3. The average molecular weight is 310 g/mol. The first-order valence-electron chi connectivity index (χ1n) is 7.54. The minimum Gasteiger partial charge on any atom is -0.382 e. The molecule has 0 saturated carbocycles. The summed E-state index contributed by atoms with van der Waals surface area (Å²) in [6.07, 6.45) is 3.94. The van der Waals surface area contributed by atoms with Gasteiger partial charge in [-0.3, -0.25) is 14.6 Å². The minimum atomic E-state index is -0.518. The maximum absolute atomic E-state index is 12.2. The van der Waals surface area contributed by atoms with E-state index in [0.717, 1.165) is 11.3 Å². The maximum Gasteiger partial charge on any atom is 0.252 e. The molecule has 118 valence electrons. The highest BCUT2D eigenvalue weighted by atomic mass is 16.2. The molecule has 6 nitrogen and oxygen atoms in total. The van der Waals surface area contributed by atoms with Crippen molar-refractivity contribution in [1.29, 1.82) is 0 Å². The van der Waals surface area contributed by atoms with Gasteiger partial charge in [-0.25, -0.2) is 0 Å². The van der Waals surface area contributed by atoms with Crippen LogP contribution in [0, 0.1) is 0 Å². The van der Waals surface area contributed by atoms with Crippen molar-refractivity contribution in [3.8, 4) is 0 Å². The number of carbonyl (C=O) groups excluding carboxylic acids is 2. The van der Waals surface area contributed by atoms with E-state index >= 15 is 0 Å². The number of carbonyl (C=O) groups is 2. The first-order valence-corrected chi connectivity index (χ1v) is 7.54. The van der Waals surface area contributed by atoms with Crippen molar-refractivity contribution < 1.29 is 9.59 Å². The molecule has 23 heavy (non-hydrogen) atoms. The van der Waals surface area contributed by atoms with Gasteiger partial charge in [0.15, 0.2) is 0 Å². The molecule has 2 heterocycles. The van der Waals surface area contributed by atoms with Gasteiger partial charge in [0.2, 0.25) is 5.91 Å². The second-order valence-electron chi connectivity index (χ2n) is 5.35. The highest BCUT2D eigenvalue weighted by Crippen LogP contribution is 2.16. The fourth-order valence-corrected chi connectivity index (χ4v) is 2.57. The molecule has 1 aliphatic rings. The zero-order valence-corrected chi connectivity index (χ0v) is 12.6. The Labute approximate surface area is 134 Å². The molecular weight excluding hydrogens is 292 g/mol. The smallest absolute Gasteiger partial charge is 0.252 e. The molecule has 0 saturated heterocycles. The number of anilines is 1. The second kappa shape index (κ2) is 6.91. The highest BCUT2D eigenvalue weighted by Gasteiger charge is 2.28. The standard InChI is InChI=1S/C17H18N4O2/c22-16-14-6-2-1-4-12(14)10-15(21-16)17(23)20-9-8-19-13-5-3-7-18-11-13/h1-7,11,15,19H,8-10H2,(H,20,23)(H,21,22)/t15-/m0/s1. The lowest BCUT2D eigenvalue weighted by molar-refractivity contribution is -0.122. The molecule has 1 atom stereocenters. The van der Waals surface area contributed by atoms with Crippen LogP contribution in [0.4, 0.5) is 5.69 Å². The predicted molar refractivity (Wildman–Crippen MR) is 87.1 cm³/mol. The van der Waals surface area contributed by atoms with E-state index in [1.54, 1.807) is 18.5 Å². The van der Waals surface area contributed by atoms with E-state index in [4.69, 9.17) is 0 Å².